The minimum Gasteiger partial charge on any atom is -0.489 e. The van der Waals surface area contributed by atoms with E-state index in [0.29, 0.717) is 16.8 Å². The van der Waals surface area contributed by atoms with Crippen LogP contribution in [-0.4, -0.2) is 11.5 Å². The normalized spacial score (nSPS) is 10.3. The lowest BCUT2D eigenvalue weighted by molar-refractivity contribution is 0.304. The number of hydrogen-bond donors (Lipinski definition) is 1. The van der Waals surface area contributed by atoms with E-state index in [4.69, 9.17) is 4.74 Å². The number of aromatic nitrogens is 1. The lowest BCUT2D eigenvalue weighted by Gasteiger charge is -2.11. The summed E-state index contributed by atoms with van der Waals surface area (Å²) in [6, 6.07) is 8.48. The van der Waals surface area contributed by atoms with Crippen LogP contribution in [0.3, 0.4) is 0 Å². The summed E-state index contributed by atoms with van der Waals surface area (Å²) >= 11 is 3.11. The van der Waals surface area contributed by atoms with Gasteiger partial charge in [-0.2, -0.15) is 0 Å². The van der Waals surface area contributed by atoms with E-state index in [-0.39, 0.29) is 5.82 Å². The number of halogens is 2. The number of pyridine rings is 1. The number of anilines is 1. The van der Waals surface area contributed by atoms with Crippen LogP contribution in [-0.2, 0) is 6.61 Å². The maximum atomic E-state index is 13.4. The highest BCUT2D eigenvalue weighted by atomic mass is 79.9. The second kappa shape index (κ2) is 6.52. The van der Waals surface area contributed by atoms with Crippen molar-refractivity contribution < 1.29 is 9.13 Å². The second-order valence-corrected chi connectivity index (χ2v) is 4.76. The third-order valence-electron chi connectivity index (χ3n) is 2.52. The van der Waals surface area contributed by atoms with Gasteiger partial charge in [-0.3, -0.25) is 0 Å². The van der Waals surface area contributed by atoms with Crippen molar-refractivity contribution in [2.75, 3.05) is 11.9 Å². The van der Waals surface area contributed by atoms with Gasteiger partial charge in [-0.25, -0.2) is 9.37 Å². The zero-order valence-electron chi connectivity index (χ0n) is 10.5. The minimum atomic E-state index is -0.337. The standard InChI is InChI=1S/C14H14BrFN2O/c1-2-17-14-10(4-3-7-18-14)9-19-11-5-6-12(15)13(16)8-11/h3-8H,2,9H2,1H3,(H,17,18). The third-order valence-corrected chi connectivity index (χ3v) is 3.16. The summed E-state index contributed by atoms with van der Waals surface area (Å²) in [5.41, 5.74) is 0.938. The van der Waals surface area contributed by atoms with E-state index in [2.05, 4.69) is 26.2 Å². The van der Waals surface area contributed by atoms with E-state index in [9.17, 15) is 4.39 Å². The van der Waals surface area contributed by atoms with E-state index in [1.54, 1.807) is 18.3 Å². The Morgan fingerprint density at radius 2 is 2.21 bits per heavy atom. The molecule has 0 aliphatic carbocycles. The second-order valence-electron chi connectivity index (χ2n) is 3.91. The summed E-state index contributed by atoms with van der Waals surface area (Å²) in [5, 5.41) is 3.16. The Labute approximate surface area is 119 Å². The molecule has 100 valence electrons. The van der Waals surface area contributed by atoms with Gasteiger partial charge in [0.1, 0.15) is 24.0 Å². The highest BCUT2D eigenvalue weighted by Crippen LogP contribution is 2.22. The van der Waals surface area contributed by atoms with Crippen LogP contribution in [0.15, 0.2) is 41.0 Å². The molecule has 0 amide bonds. The summed E-state index contributed by atoms with van der Waals surface area (Å²) in [6.45, 7) is 3.14. The molecule has 0 aliphatic heterocycles. The molecule has 2 rings (SSSR count). The quantitative estimate of drug-likeness (QED) is 0.902. The Hall–Kier alpha value is -1.62. The molecule has 0 saturated carbocycles. The van der Waals surface area contributed by atoms with Crippen LogP contribution in [0.5, 0.6) is 5.75 Å². The van der Waals surface area contributed by atoms with Crippen molar-refractivity contribution in [2.45, 2.75) is 13.5 Å². The number of rotatable bonds is 5. The lowest BCUT2D eigenvalue weighted by Crippen LogP contribution is -2.05. The van der Waals surface area contributed by atoms with Gasteiger partial charge in [0.15, 0.2) is 0 Å². The predicted octanol–water partition coefficient (Wildman–Crippen LogP) is 3.99. The average Bonchev–Trinajstić information content (AvgIpc) is 2.42. The number of ether oxygens (including phenoxy) is 1. The summed E-state index contributed by atoms with van der Waals surface area (Å²) in [4.78, 5) is 4.24. The molecule has 0 unspecified atom stereocenters. The maximum absolute atomic E-state index is 13.4. The fraction of sp³-hybridized carbons (Fsp3) is 0.214. The zero-order chi connectivity index (χ0) is 13.7. The van der Waals surface area contributed by atoms with Crippen molar-refractivity contribution in [3.05, 3.63) is 52.4 Å². The van der Waals surface area contributed by atoms with Crippen LogP contribution in [0, 0.1) is 5.82 Å². The van der Waals surface area contributed by atoms with Crippen molar-refractivity contribution in [1.82, 2.24) is 4.98 Å². The fourth-order valence-electron chi connectivity index (χ4n) is 1.61. The predicted molar refractivity (Wildman–Crippen MR) is 76.8 cm³/mol. The van der Waals surface area contributed by atoms with Crippen molar-refractivity contribution >= 4 is 21.7 Å². The van der Waals surface area contributed by atoms with Crippen LogP contribution in [0.2, 0.25) is 0 Å². The first-order valence-corrected chi connectivity index (χ1v) is 6.75. The van der Waals surface area contributed by atoms with Gasteiger partial charge in [0.05, 0.1) is 4.47 Å². The molecule has 0 aliphatic rings. The van der Waals surface area contributed by atoms with E-state index in [1.807, 2.05) is 19.1 Å². The molecule has 2 aromatic rings. The van der Waals surface area contributed by atoms with Gasteiger partial charge in [0.25, 0.3) is 0 Å². The lowest BCUT2D eigenvalue weighted by atomic mass is 10.2. The van der Waals surface area contributed by atoms with Crippen LogP contribution < -0.4 is 10.1 Å². The summed E-state index contributed by atoms with van der Waals surface area (Å²) in [6.07, 6.45) is 1.72. The van der Waals surface area contributed by atoms with Gasteiger partial charge >= 0.3 is 0 Å². The van der Waals surface area contributed by atoms with Crippen molar-refractivity contribution in [3.63, 3.8) is 0 Å². The molecule has 1 heterocycles. The Morgan fingerprint density at radius 1 is 1.37 bits per heavy atom. The van der Waals surface area contributed by atoms with E-state index in [1.165, 1.54) is 6.07 Å². The molecule has 0 saturated heterocycles. The van der Waals surface area contributed by atoms with E-state index >= 15 is 0 Å². The number of nitrogens with one attached hydrogen (secondary N) is 1. The summed E-state index contributed by atoms with van der Waals surface area (Å²) in [5.74, 6) is 0.949. The molecule has 5 heteroatoms. The Morgan fingerprint density at radius 3 is 2.95 bits per heavy atom. The van der Waals surface area contributed by atoms with Gasteiger partial charge in [-0.1, -0.05) is 6.07 Å². The molecule has 0 fully saturated rings. The average molecular weight is 325 g/mol. The van der Waals surface area contributed by atoms with Crippen molar-refractivity contribution in [1.29, 1.82) is 0 Å². The Balaban J connectivity index is 2.07. The maximum Gasteiger partial charge on any atom is 0.141 e. The molecular weight excluding hydrogens is 311 g/mol. The molecule has 1 N–H and O–H groups in total. The molecule has 1 aromatic carbocycles. The monoisotopic (exact) mass is 324 g/mol. The molecule has 0 atom stereocenters. The first kappa shape index (κ1) is 13.8. The Bertz CT molecular complexity index is 563. The van der Waals surface area contributed by atoms with Crippen LogP contribution in [0.25, 0.3) is 0 Å². The fourth-order valence-corrected chi connectivity index (χ4v) is 1.86. The molecular formula is C14H14BrFN2O. The minimum absolute atomic E-state index is 0.337. The van der Waals surface area contributed by atoms with Gasteiger partial charge in [0.2, 0.25) is 0 Å². The van der Waals surface area contributed by atoms with Gasteiger partial charge < -0.3 is 10.1 Å². The van der Waals surface area contributed by atoms with Gasteiger partial charge in [0, 0.05) is 24.4 Å². The highest BCUT2D eigenvalue weighted by molar-refractivity contribution is 9.10. The molecule has 0 spiro atoms. The van der Waals surface area contributed by atoms with Crippen LogP contribution >= 0.6 is 15.9 Å². The first-order valence-electron chi connectivity index (χ1n) is 5.96. The van der Waals surface area contributed by atoms with Crippen molar-refractivity contribution in [2.24, 2.45) is 0 Å². The first-order chi connectivity index (χ1) is 9.20. The van der Waals surface area contributed by atoms with Crippen molar-refractivity contribution in [3.8, 4) is 5.75 Å². The largest absolute Gasteiger partial charge is 0.489 e. The van der Waals surface area contributed by atoms with Gasteiger partial charge in [-0.05, 0) is 41.1 Å². The Kier molecular flexibility index (Phi) is 4.74. The van der Waals surface area contributed by atoms with Crippen LogP contribution in [0.4, 0.5) is 10.2 Å². The van der Waals surface area contributed by atoms with Gasteiger partial charge in [-0.15, -0.1) is 0 Å². The molecule has 19 heavy (non-hydrogen) atoms. The number of nitrogens with zero attached hydrogens (tertiary/aromatic N) is 1. The number of benzene rings is 1. The topological polar surface area (TPSA) is 34.2 Å². The van der Waals surface area contributed by atoms with Crippen LogP contribution in [0.1, 0.15) is 12.5 Å². The molecule has 0 radical (unpaired) electrons. The highest BCUT2D eigenvalue weighted by Gasteiger charge is 2.05. The third kappa shape index (κ3) is 3.67. The van der Waals surface area contributed by atoms with E-state index in [0.717, 1.165) is 17.9 Å². The smallest absolute Gasteiger partial charge is 0.141 e. The summed E-state index contributed by atoms with van der Waals surface area (Å²) < 4.78 is 19.4. The molecule has 0 bridgehead atoms. The SMILES string of the molecule is CCNc1ncccc1COc1ccc(Br)c(F)c1. The molecule has 3 nitrogen and oxygen atoms in total. The van der Waals surface area contributed by atoms with E-state index < -0.39 is 0 Å². The molecule has 1 aromatic heterocycles. The summed E-state index contributed by atoms with van der Waals surface area (Å²) in [7, 11) is 0. The zero-order valence-corrected chi connectivity index (χ0v) is 12.1. The number of hydrogen-bond acceptors (Lipinski definition) is 3.